The molecule has 0 spiro atoms. The monoisotopic (exact) mass is 281 g/mol. The zero-order valence-corrected chi connectivity index (χ0v) is 12.0. The van der Waals surface area contributed by atoms with E-state index in [1.54, 1.807) is 7.11 Å². The minimum atomic E-state index is -0.126. The van der Waals surface area contributed by atoms with Gasteiger partial charge in [-0.1, -0.05) is 36.4 Å². The summed E-state index contributed by atoms with van der Waals surface area (Å²) in [6.07, 6.45) is 2.59. The molecule has 0 aliphatic carbocycles. The van der Waals surface area contributed by atoms with Crippen LogP contribution in [0.15, 0.2) is 48.7 Å². The van der Waals surface area contributed by atoms with Crippen molar-refractivity contribution in [2.24, 2.45) is 5.73 Å². The fraction of sp³-hybridized carbons (Fsp3) is 0.235. The molecule has 0 amide bonds. The molecule has 0 fully saturated rings. The molecule has 1 heterocycles. The number of fused-ring (bicyclic) bond motifs is 1. The van der Waals surface area contributed by atoms with Crippen LogP contribution in [0, 0.1) is 0 Å². The summed E-state index contributed by atoms with van der Waals surface area (Å²) in [6.45, 7) is 0.632. The van der Waals surface area contributed by atoms with E-state index in [0.717, 1.165) is 23.5 Å². The molecule has 0 bridgehead atoms. The summed E-state index contributed by atoms with van der Waals surface area (Å²) in [6, 6.07) is 14.6. The molecule has 0 aliphatic heterocycles. The summed E-state index contributed by atoms with van der Waals surface area (Å²) in [4.78, 5) is 7.70. The van der Waals surface area contributed by atoms with Gasteiger partial charge in [0.05, 0.1) is 17.9 Å². The summed E-state index contributed by atoms with van der Waals surface area (Å²) in [7, 11) is 1.68. The summed E-state index contributed by atoms with van der Waals surface area (Å²) in [5.74, 6) is 0.801. The highest BCUT2D eigenvalue weighted by atomic mass is 16.5. The summed E-state index contributed by atoms with van der Waals surface area (Å²) >= 11 is 0. The number of aromatic amines is 1. The van der Waals surface area contributed by atoms with E-state index < -0.39 is 0 Å². The molecule has 2 aromatic carbocycles. The first-order valence-corrected chi connectivity index (χ1v) is 7.06. The topological polar surface area (TPSA) is 63.9 Å². The number of rotatable bonds is 5. The van der Waals surface area contributed by atoms with Crippen LogP contribution < -0.4 is 5.73 Å². The number of benzene rings is 2. The first-order chi connectivity index (χ1) is 10.3. The number of nitrogens with one attached hydrogen (secondary N) is 1. The normalized spacial score (nSPS) is 12.7. The Hall–Kier alpha value is -2.17. The van der Waals surface area contributed by atoms with Crippen molar-refractivity contribution < 1.29 is 4.74 Å². The molecule has 3 aromatic rings. The van der Waals surface area contributed by atoms with E-state index in [9.17, 15) is 0 Å². The molecule has 0 saturated heterocycles. The molecule has 4 heteroatoms. The quantitative estimate of drug-likeness (QED) is 0.754. The third-order valence-electron chi connectivity index (χ3n) is 3.64. The van der Waals surface area contributed by atoms with Gasteiger partial charge in [0.15, 0.2) is 0 Å². The maximum Gasteiger partial charge on any atom is 0.123 e. The van der Waals surface area contributed by atoms with Crippen LogP contribution in [0.2, 0.25) is 0 Å². The van der Waals surface area contributed by atoms with Gasteiger partial charge in [-0.3, -0.25) is 0 Å². The van der Waals surface area contributed by atoms with Gasteiger partial charge >= 0.3 is 0 Å². The second-order valence-corrected chi connectivity index (χ2v) is 5.13. The Balaban J connectivity index is 1.87. The largest absolute Gasteiger partial charge is 0.385 e. The lowest BCUT2D eigenvalue weighted by molar-refractivity contribution is 0.187. The lowest BCUT2D eigenvalue weighted by Crippen LogP contribution is -2.14. The molecule has 1 unspecified atom stereocenters. The van der Waals surface area contributed by atoms with Crippen LogP contribution in [0.4, 0.5) is 0 Å². The van der Waals surface area contributed by atoms with E-state index in [1.807, 2.05) is 18.3 Å². The molecule has 21 heavy (non-hydrogen) atoms. The number of aromatic nitrogens is 2. The van der Waals surface area contributed by atoms with Crippen molar-refractivity contribution in [2.45, 2.75) is 12.5 Å². The van der Waals surface area contributed by atoms with E-state index in [1.165, 1.54) is 10.8 Å². The summed E-state index contributed by atoms with van der Waals surface area (Å²) in [5.41, 5.74) is 8.20. The number of hydrogen-bond donors (Lipinski definition) is 2. The van der Waals surface area contributed by atoms with Crippen LogP contribution in [0.3, 0.4) is 0 Å². The van der Waals surface area contributed by atoms with Gasteiger partial charge in [0.1, 0.15) is 5.82 Å². The Morgan fingerprint density at radius 2 is 2.00 bits per heavy atom. The Kier molecular flexibility index (Phi) is 3.99. The zero-order valence-electron chi connectivity index (χ0n) is 12.0. The molecule has 4 nitrogen and oxygen atoms in total. The second-order valence-electron chi connectivity index (χ2n) is 5.13. The van der Waals surface area contributed by atoms with Gasteiger partial charge in [-0.05, 0) is 23.3 Å². The molecule has 0 saturated carbocycles. The number of nitrogens with two attached hydrogens (primary N) is 1. The standard InChI is InChI=1S/C17H19N3O/c1-21-9-8-15(18)17-19-11-16(20-17)14-7-6-12-4-2-3-5-13(12)10-14/h2-7,10-11,15H,8-9,18H2,1H3,(H,19,20). The van der Waals surface area contributed by atoms with E-state index in [2.05, 4.69) is 40.3 Å². The van der Waals surface area contributed by atoms with Crippen molar-refractivity contribution in [3.8, 4) is 11.3 Å². The highest BCUT2D eigenvalue weighted by molar-refractivity contribution is 5.86. The number of hydrogen-bond acceptors (Lipinski definition) is 3. The lowest BCUT2D eigenvalue weighted by atomic mass is 10.1. The van der Waals surface area contributed by atoms with Crippen molar-refractivity contribution in [3.05, 3.63) is 54.5 Å². The van der Waals surface area contributed by atoms with Crippen LogP contribution in [0.5, 0.6) is 0 Å². The van der Waals surface area contributed by atoms with E-state index in [-0.39, 0.29) is 6.04 Å². The van der Waals surface area contributed by atoms with Crippen LogP contribution in [0.25, 0.3) is 22.0 Å². The minimum Gasteiger partial charge on any atom is -0.385 e. The molecule has 108 valence electrons. The molecule has 0 aliphatic rings. The van der Waals surface area contributed by atoms with Crippen molar-refractivity contribution in [1.29, 1.82) is 0 Å². The van der Waals surface area contributed by atoms with Crippen molar-refractivity contribution in [2.75, 3.05) is 13.7 Å². The van der Waals surface area contributed by atoms with E-state index in [0.29, 0.717) is 6.61 Å². The van der Waals surface area contributed by atoms with Crippen molar-refractivity contribution in [3.63, 3.8) is 0 Å². The molecule has 3 rings (SSSR count). The third-order valence-corrected chi connectivity index (χ3v) is 3.64. The first kappa shape index (κ1) is 13.8. The maximum absolute atomic E-state index is 6.09. The fourth-order valence-corrected chi connectivity index (χ4v) is 2.41. The smallest absolute Gasteiger partial charge is 0.123 e. The van der Waals surface area contributed by atoms with Gasteiger partial charge in [0.2, 0.25) is 0 Å². The lowest BCUT2D eigenvalue weighted by Gasteiger charge is -2.07. The zero-order chi connectivity index (χ0) is 14.7. The fourth-order valence-electron chi connectivity index (χ4n) is 2.41. The molecular formula is C17H19N3O. The maximum atomic E-state index is 6.09. The Bertz CT molecular complexity index is 735. The number of ether oxygens (including phenoxy) is 1. The van der Waals surface area contributed by atoms with Gasteiger partial charge in [0.25, 0.3) is 0 Å². The predicted molar refractivity (Wildman–Crippen MR) is 85.0 cm³/mol. The van der Waals surface area contributed by atoms with Crippen LogP contribution >= 0.6 is 0 Å². The van der Waals surface area contributed by atoms with E-state index in [4.69, 9.17) is 10.5 Å². The Morgan fingerprint density at radius 3 is 2.81 bits per heavy atom. The second kappa shape index (κ2) is 6.08. The average molecular weight is 281 g/mol. The summed E-state index contributed by atoms with van der Waals surface area (Å²) < 4.78 is 5.05. The van der Waals surface area contributed by atoms with Gasteiger partial charge in [-0.25, -0.2) is 4.98 Å². The number of imidazole rings is 1. The van der Waals surface area contributed by atoms with Crippen molar-refractivity contribution in [1.82, 2.24) is 9.97 Å². The van der Waals surface area contributed by atoms with Gasteiger partial charge in [0, 0.05) is 19.3 Å². The highest BCUT2D eigenvalue weighted by Gasteiger charge is 2.11. The van der Waals surface area contributed by atoms with Crippen LogP contribution in [-0.4, -0.2) is 23.7 Å². The predicted octanol–water partition coefficient (Wildman–Crippen LogP) is 3.27. The molecular weight excluding hydrogens is 262 g/mol. The molecule has 3 N–H and O–H groups in total. The Morgan fingerprint density at radius 1 is 1.19 bits per heavy atom. The SMILES string of the molecule is COCCC(N)c1ncc(-c2ccc3ccccc3c2)[nH]1. The third kappa shape index (κ3) is 2.96. The highest BCUT2D eigenvalue weighted by Crippen LogP contribution is 2.24. The van der Waals surface area contributed by atoms with Gasteiger partial charge in [-0.2, -0.15) is 0 Å². The number of methoxy groups -OCH3 is 1. The van der Waals surface area contributed by atoms with Crippen LogP contribution in [0.1, 0.15) is 18.3 Å². The van der Waals surface area contributed by atoms with Crippen LogP contribution in [-0.2, 0) is 4.74 Å². The Labute approximate surface area is 124 Å². The average Bonchev–Trinajstić information content (AvgIpc) is 3.02. The van der Waals surface area contributed by atoms with E-state index >= 15 is 0 Å². The summed E-state index contributed by atoms with van der Waals surface area (Å²) in [5, 5.41) is 2.45. The molecule has 1 aromatic heterocycles. The van der Waals surface area contributed by atoms with Crippen molar-refractivity contribution >= 4 is 10.8 Å². The molecule has 0 radical (unpaired) electrons. The molecule has 1 atom stereocenters. The van der Waals surface area contributed by atoms with Gasteiger partial charge in [-0.15, -0.1) is 0 Å². The minimum absolute atomic E-state index is 0.126. The number of nitrogens with zero attached hydrogens (tertiary/aromatic N) is 1. The first-order valence-electron chi connectivity index (χ1n) is 7.06. The number of H-pyrrole nitrogens is 1. The van der Waals surface area contributed by atoms with Gasteiger partial charge < -0.3 is 15.5 Å².